The molecule has 1 aliphatic heterocycles. The number of aliphatic imine (C=N–C) groups is 1. The van der Waals surface area contributed by atoms with Gasteiger partial charge in [0.05, 0.1) is 38.6 Å². The van der Waals surface area contributed by atoms with Crippen molar-refractivity contribution in [1.82, 2.24) is 10.3 Å². The molecule has 2 amide bonds. The van der Waals surface area contributed by atoms with Crippen LogP contribution in [0.15, 0.2) is 64.5 Å². The number of nitriles is 1. The molecular formula is C25H26N6O5. The Labute approximate surface area is 208 Å². The molecule has 11 heteroatoms. The second kappa shape index (κ2) is 12.2. The third-order valence-corrected chi connectivity index (χ3v) is 5.39. The molecule has 1 aliphatic rings. The van der Waals surface area contributed by atoms with Crippen molar-refractivity contribution < 1.29 is 23.4 Å². The summed E-state index contributed by atoms with van der Waals surface area (Å²) in [5, 5.41) is 17.0. The molecule has 2 heterocycles. The fourth-order valence-electron chi connectivity index (χ4n) is 3.61. The zero-order valence-corrected chi connectivity index (χ0v) is 19.7. The van der Waals surface area contributed by atoms with Crippen LogP contribution in [-0.4, -0.2) is 44.0 Å². The molecule has 3 N–H and O–H groups in total. The number of hydrogen-bond acceptors (Lipinski definition) is 8. The summed E-state index contributed by atoms with van der Waals surface area (Å²) in [5.41, 5.74) is 2.69. The number of carbonyl (C=O) groups excluding carboxylic acids is 1. The summed E-state index contributed by atoms with van der Waals surface area (Å²) in [6.07, 6.45) is 5.69. The molecule has 1 fully saturated rings. The first-order valence-electron chi connectivity index (χ1n) is 11.3. The second-order valence-corrected chi connectivity index (χ2v) is 7.96. The van der Waals surface area contributed by atoms with E-state index in [4.69, 9.17) is 23.9 Å². The van der Waals surface area contributed by atoms with Gasteiger partial charge in [0.15, 0.2) is 18.3 Å². The van der Waals surface area contributed by atoms with Crippen molar-refractivity contribution in [3.8, 4) is 23.3 Å². The summed E-state index contributed by atoms with van der Waals surface area (Å²) in [6.45, 7) is 2.07. The first-order valence-corrected chi connectivity index (χ1v) is 11.3. The van der Waals surface area contributed by atoms with Gasteiger partial charge < -0.3 is 29.3 Å². The van der Waals surface area contributed by atoms with E-state index in [0.717, 1.165) is 24.2 Å². The number of anilines is 2. The number of ether oxygens (including phenoxy) is 3. The van der Waals surface area contributed by atoms with E-state index in [1.54, 1.807) is 43.6 Å². The molecule has 1 unspecified atom stereocenters. The Balaban J connectivity index is 1.35. The molecule has 0 saturated carbocycles. The lowest BCUT2D eigenvalue weighted by molar-refractivity contribution is 0.162. The number of nitrogens with zero attached hydrogens (tertiary/aromatic N) is 3. The molecule has 1 aromatic heterocycles. The number of amidine groups is 1. The van der Waals surface area contributed by atoms with E-state index >= 15 is 0 Å². The lowest BCUT2D eigenvalue weighted by atomic mass is 10.1. The molecule has 0 aliphatic carbocycles. The molecule has 0 bridgehead atoms. The van der Waals surface area contributed by atoms with Crippen LogP contribution >= 0.6 is 0 Å². The molecule has 186 valence electrons. The van der Waals surface area contributed by atoms with Crippen LogP contribution in [0.25, 0.3) is 11.3 Å². The van der Waals surface area contributed by atoms with Crippen LogP contribution in [0.1, 0.15) is 12.0 Å². The summed E-state index contributed by atoms with van der Waals surface area (Å²) >= 11 is 0. The van der Waals surface area contributed by atoms with Gasteiger partial charge in [0.25, 0.3) is 6.02 Å². The van der Waals surface area contributed by atoms with E-state index in [1.807, 2.05) is 18.3 Å². The minimum Gasteiger partial charge on any atom is -0.496 e. The number of urea groups is 1. The summed E-state index contributed by atoms with van der Waals surface area (Å²) in [7, 11) is 1.54. The van der Waals surface area contributed by atoms with Crippen molar-refractivity contribution in [2.75, 3.05) is 37.6 Å². The molecular weight excluding hydrogens is 464 g/mol. The number of hydrogen-bond donors (Lipinski definition) is 3. The van der Waals surface area contributed by atoms with E-state index in [9.17, 15) is 4.79 Å². The molecule has 2 aromatic carbocycles. The maximum Gasteiger partial charge on any atom is 0.323 e. The van der Waals surface area contributed by atoms with Gasteiger partial charge in [-0.25, -0.2) is 20.1 Å². The predicted molar refractivity (Wildman–Crippen MR) is 132 cm³/mol. The van der Waals surface area contributed by atoms with Gasteiger partial charge in [0.2, 0.25) is 0 Å². The van der Waals surface area contributed by atoms with E-state index in [0.29, 0.717) is 42.0 Å². The lowest BCUT2D eigenvalue weighted by Crippen LogP contribution is -2.24. The lowest BCUT2D eigenvalue weighted by Gasteiger charge is -2.12. The van der Waals surface area contributed by atoms with Gasteiger partial charge in [-0.2, -0.15) is 5.26 Å². The Morgan fingerprint density at radius 2 is 2.11 bits per heavy atom. The highest BCUT2D eigenvalue weighted by molar-refractivity contribution is 6.00. The van der Waals surface area contributed by atoms with Gasteiger partial charge in [-0.05, 0) is 36.2 Å². The summed E-state index contributed by atoms with van der Waals surface area (Å²) < 4.78 is 21.7. The van der Waals surface area contributed by atoms with E-state index in [1.165, 1.54) is 6.39 Å². The van der Waals surface area contributed by atoms with Crippen LogP contribution in [0.3, 0.4) is 0 Å². The molecule has 4 rings (SSSR count). The molecule has 1 saturated heterocycles. The van der Waals surface area contributed by atoms with Gasteiger partial charge in [0.1, 0.15) is 5.75 Å². The van der Waals surface area contributed by atoms with Crippen molar-refractivity contribution in [1.29, 1.82) is 5.26 Å². The zero-order valence-electron chi connectivity index (χ0n) is 19.7. The molecule has 3 aromatic rings. The smallest absolute Gasteiger partial charge is 0.323 e. The van der Waals surface area contributed by atoms with Crippen molar-refractivity contribution in [2.45, 2.75) is 13.0 Å². The normalized spacial score (nSPS) is 15.1. The average Bonchev–Trinajstić information content (AvgIpc) is 3.60. The number of aromatic nitrogens is 1. The Hall–Kier alpha value is -4.56. The van der Waals surface area contributed by atoms with Gasteiger partial charge in [-0.15, -0.1) is 0 Å². The van der Waals surface area contributed by atoms with Crippen LogP contribution in [0.4, 0.5) is 16.2 Å². The SMILES string of the molecule is COc1cc(NC(=O)Nc2cccc(CN=C(NC#N)OCC3CCOC3)c2)ccc1-c1cnco1. The third-order valence-electron chi connectivity index (χ3n) is 5.39. The van der Waals surface area contributed by atoms with Crippen LogP contribution in [0.2, 0.25) is 0 Å². The van der Waals surface area contributed by atoms with Crippen molar-refractivity contribution in [3.05, 3.63) is 60.6 Å². The van der Waals surface area contributed by atoms with Crippen molar-refractivity contribution in [2.24, 2.45) is 10.9 Å². The molecule has 11 nitrogen and oxygen atoms in total. The Bertz CT molecular complexity index is 1230. The highest BCUT2D eigenvalue weighted by atomic mass is 16.5. The standard InChI is InChI=1S/C25H26N6O5/c1-33-22-10-20(5-6-21(22)23-12-27-16-36-23)31-24(32)30-19-4-2-3-17(9-19)11-28-25(29-15-26)35-14-18-7-8-34-13-18/h2-6,9-10,12,16,18H,7-8,11,13-14H2,1H3,(H,28,29)(H2,30,31,32). The average molecular weight is 491 g/mol. The van der Waals surface area contributed by atoms with E-state index in [2.05, 4.69) is 25.9 Å². The predicted octanol–water partition coefficient (Wildman–Crippen LogP) is 3.97. The van der Waals surface area contributed by atoms with Gasteiger partial charge in [0, 0.05) is 30.0 Å². The number of amides is 2. The first-order chi connectivity index (χ1) is 17.6. The third kappa shape index (κ3) is 6.74. The molecule has 1 atom stereocenters. The van der Waals surface area contributed by atoms with Gasteiger partial charge in [-0.3, -0.25) is 0 Å². The Kier molecular flexibility index (Phi) is 8.35. The number of nitrogens with one attached hydrogen (secondary N) is 3. The highest BCUT2D eigenvalue weighted by Crippen LogP contribution is 2.32. The molecule has 36 heavy (non-hydrogen) atoms. The van der Waals surface area contributed by atoms with Crippen LogP contribution in [0, 0.1) is 17.4 Å². The van der Waals surface area contributed by atoms with Crippen LogP contribution < -0.4 is 20.7 Å². The monoisotopic (exact) mass is 490 g/mol. The van der Waals surface area contributed by atoms with Crippen molar-refractivity contribution >= 4 is 23.4 Å². The fraction of sp³-hybridized carbons (Fsp3) is 0.280. The summed E-state index contributed by atoms with van der Waals surface area (Å²) in [4.78, 5) is 20.8. The van der Waals surface area contributed by atoms with Gasteiger partial charge in [-0.1, -0.05) is 12.1 Å². The highest BCUT2D eigenvalue weighted by Gasteiger charge is 2.17. The Morgan fingerprint density at radius 1 is 1.25 bits per heavy atom. The van der Waals surface area contributed by atoms with Crippen molar-refractivity contribution in [3.63, 3.8) is 0 Å². The van der Waals surface area contributed by atoms with E-state index < -0.39 is 6.03 Å². The van der Waals surface area contributed by atoms with Gasteiger partial charge >= 0.3 is 6.03 Å². The topological polar surface area (TPSA) is 143 Å². The first kappa shape index (κ1) is 24.6. The Morgan fingerprint density at radius 3 is 2.83 bits per heavy atom. The maximum atomic E-state index is 12.6. The minimum absolute atomic E-state index is 0.156. The quantitative estimate of drug-likeness (QED) is 0.186. The molecule has 0 spiro atoms. The van der Waals surface area contributed by atoms with Crippen LogP contribution in [0.5, 0.6) is 5.75 Å². The number of rotatable bonds is 8. The maximum absolute atomic E-state index is 12.6. The number of carbonyl (C=O) groups is 1. The fourth-order valence-corrected chi connectivity index (χ4v) is 3.61. The summed E-state index contributed by atoms with van der Waals surface area (Å²) in [6, 6.07) is 12.2. The minimum atomic E-state index is -0.418. The van der Waals surface area contributed by atoms with E-state index in [-0.39, 0.29) is 12.6 Å². The largest absolute Gasteiger partial charge is 0.496 e. The number of oxazole rings is 1. The number of benzene rings is 2. The molecule has 0 radical (unpaired) electrons. The van der Waals surface area contributed by atoms with Crippen LogP contribution in [-0.2, 0) is 16.0 Å². The number of methoxy groups -OCH3 is 1. The zero-order chi connectivity index (χ0) is 25.2. The summed E-state index contributed by atoms with van der Waals surface area (Å²) in [5.74, 6) is 1.39. The second-order valence-electron chi connectivity index (χ2n) is 7.96.